The summed E-state index contributed by atoms with van der Waals surface area (Å²) in [5, 5.41) is 0. The highest BCUT2D eigenvalue weighted by Gasteiger charge is 2.35. The highest BCUT2D eigenvalue weighted by molar-refractivity contribution is 4.90. The summed E-state index contributed by atoms with van der Waals surface area (Å²) in [6.45, 7) is 6.89. The first-order valence-corrected chi connectivity index (χ1v) is 7.20. The molecule has 1 saturated carbocycles. The normalized spacial score (nSPS) is 41.4. The lowest BCUT2D eigenvalue weighted by molar-refractivity contribution is 0.120. The van der Waals surface area contributed by atoms with Crippen molar-refractivity contribution in [1.82, 2.24) is 4.90 Å². The van der Waals surface area contributed by atoms with E-state index in [4.69, 9.17) is 5.73 Å². The fourth-order valence-electron chi connectivity index (χ4n) is 3.78. The summed E-state index contributed by atoms with van der Waals surface area (Å²) in [4.78, 5) is 2.76. The molecule has 1 aliphatic carbocycles. The zero-order valence-electron chi connectivity index (χ0n) is 11.0. The van der Waals surface area contributed by atoms with Crippen LogP contribution in [-0.4, -0.2) is 30.1 Å². The average molecular weight is 224 g/mol. The van der Waals surface area contributed by atoms with Crippen LogP contribution in [0.1, 0.15) is 52.4 Å². The molecule has 2 nitrogen and oxygen atoms in total. The van der Waals surface area contributed by atoms with E-state index in [1.807, 2.05) is 0 Å². The summed E-state index contributed by atoms with van der Waals surface area (Å²) in [6.07, 6.45) is 8.48. The Kier molecular flexibility index (Phi) is 4.26. The lowest BCUT2D eigenvalue weighted by atomic mass is 9.83. The predicted molar refractivity (Wildman–Crippen MR) is 69.4 cm³/mol. The Bertz CT molecular complexity index is 217. The minimum Gasteiger partial charge on any atom is -0.330 e. The maximum atomic E-state index is 5.81. The van der Waals surface area contributed by atoms with E-state index in [-0.39, 0.29) is 0 Å². The minimum absolute atomic E-state index is 0.761. The number of rotatable bonds is 3. The molecule has 2 N–H and O–H groups in total. The third-order valence-corrected chi connectivity index (χ3v) is 4.84. The molecule has 1 aliphatic heterocycles. The van der Waals surface area contributed by atoms with Crippen molar-refractivity contribution in [3.8, 4) is 0 Å². The summed E-state index contributed by atoms with van der Waals surface area (Å²) >= 11 is 0. The van der Waals surface area contributed by atoms with Crippen LogP contribution in [0.3, 0.4) is 0 Å². The van der Waals surface area contributed by atoms with Gasteiger partial charge in [0.2, 0.25) is 0 Å². The van der Waals surface area contributed by atoms with Gasteiger partial charge in [-0.2, -0.15) is 0 Å². The number of hydrogen-bond acceptors (Lipinski definition) is 2. The molecule has 0 radical (unpaired) electrons. The van der Waals surface area contributed by atoms with Crippen molar-refractivity contribution in [2.45, 2.75) is 64.5 Å². The van der Waals surface area contributed by atoms with Crippen molar-refractivity contribution in [3.63, 3.8) is 0 Å². The Labute approximate surface area is 101 Å². The van der Waals surface area contributed by atoms with Crippen molar-refractivity contribution in [2.24, 2.45) is 17.6 Å². The van der Waals surface area contributed by atoms with Gasteiger partial charge in [-0.1, -0.05) is 26.2 Å². The smallest absolute Gasteiger partial charge is 0.0101 e. The van der Waals surface area contributed by atoms with Crippen molar-refractivity contribution in [3.05, 3.63) is 0 Å². The molecule has 16 heavy (non-hydrogen) atoms. The Morgan fingerprint density at radius 2 is 2.00 bits per heavy atom. The summed E-state index contributed by atoms with van der Waals surface area (Å²) in [7, 11) is 0. The van der Waals surface area contributed by atoms with Crippen molar-refractivity contribution < 1.29 is 0 Å². The standard InChI is InChI=1S/C14H28N2/c1-3-12-5-4-6-14(8-12)16-10-13(9-15)7-11(16)2/h11-14H,3-10,15H2,1-2H3. The monoisotopic (exact) mass is 224 g/mol. The van der Waals surface area contributed by atoms with E-state index in [9.17, 15) is 0 Å². The fraction of sp³-hybridized carbons (Fsp3) is 1.00. The molecule has 2 heteroatoms. The number of hydrogen-bond donors (Lipinski definition) is 1. The first-order chi connectivity index (χ1) is 7.74. The molecule has 94 valence electrons. The average Bonchev–Trinajstić information content (AvgIpc) is 2.71. The minimum atomic E-state index is 0.761. The quantitative estimate of drug-likeness (QED) is 0.798. The van der Waals surface area contributed by atoms with Crippen LogP contribution >= 0.6 is 0 Å². The van der Waals surface area contributed by atoms with Crippen LogP contribution in [-0.2, 0) is 0 Å². The van der Waals surface area contributed by atoms with Gasteiger partial charge < -0.3 is 5.73 Å². The van der Waals surface area contributed by atoms with Crippen LogP contribution in [0.5, 0.6) is 0 Å². The van der Waals surface area contributed by atoms with Gasteiger partial charge in [-0.3, -0.25) is 4.90 Å². The number of likely N-dealkylation sites (tertiary alicyclic amines) is 1. The number of nitrogens with two attached hydrogens (primary N) is 1. The van der Waals surface area contributed by atoms with Gasteiger partial charge in [0.25, 0.3) is 0 Å². The van der Waals surface area contributed by atoms with E-state index in [0.29, 0.717) is 0 Å². The zero-order chi connectivity index (χ0) is 11.5. The molecule has 1 heterocycles. The van der Waals surface area contributed by atoms with Gasteiger partial charge in [0.15, 0.2) is 0 Å². The Balaban J connectivity index is 1.91. The van der Waals surface area contributed by atoms with Gasteiger partial charge in [0.05, 0.1) is 0 Å². The second-order valence-corrected chi connectivity index (χ2v) is 5.98. The topological polar surface area (TPSA) is 29.3 Å². The Hall–Kier alpha value is -0.0800. The summed E-state index contributed by atoms with van der Waals surface area (Å²) < 4.78 is 0. The molecule has 4 atom stereocenters. The first-order valence-electron chi connectivity index (χ1n) is 7.20. The van der Waals surface area contributed by atoms with Crippen LogP contribution in [0.25, 0.3) is 0 Å². The maximum absolute atomic E-state index is 5.81. The molecule has 2 aliphatic rings. The maximum Gasteiger partial charge on any atom is 0.0101 e. The van der Waals surface area contributed by atoms with Gasteiger partial charge in [0, 0.05) is 18.6 Å². The van der Waals surface area contributed by atoms with E-state index in [0.717, 1.165) is 30.5 Å². The molecule has 0 amide bonds. The molecule has 1 saturated heterocycles. The van der Waals surface area contributed by atoms with Gasteiger partial charge in [-0.25, -0.2) is 0 Å². The third kappa shape index (κ3) is 2.60. The molecular weight excluding hydrogens is 196 g/mol. The second kappa shape index (κ2) is 5.50. The van der Waals surface area contributed by atoms with Crippen LogP contribution < -0.4 is 5.73 Å². The van der Waals surface area contributed by atoms with Crippen molar-refractivity contribution >= 4 is 0 Å². The van der Waals surface area contributed by atoms with E-state index in [1.165, 1.54) is 45.1 Å². The van der Waals surface area contributed by atoms with Crippen LogP contribution in [0.15, 0.2) is 0 Å². The predicted octanol–water partition coefficient (Wildman–Crippen LogP) is 2.62. The molecule has 0 bridgehead atoms. The molecule has 4 unspecified atom stereocenters. The van der Waals surface area contributed by atoms with Crippen LogP contribution in [0, 0.1) is 11.8 Å². The SMILES string of the molecule is CCC1CCCC(N2CC(CN)CC2C)C1. The Morgan fingerprint density at radius 3 is 2.62 bits per heavy atom. The molecule has 0 aromatic rings. The summed E-state index contributed by atoms with van der Waals surface area (Å²) in [6, 6.07) is 1.64. The molecule has 0 aromatic heterocycles. The van der Waals surface area contributed by atoms with Gasteiger partial charge >= 0.3 is 0 Å². The molecule has 0 aromatic carbocycles. The first kappa shape index (κ1) is 12.4. The molecule has 2 rings (SSSR count). The second-order valence-electron chi connectivity index (χ2n) is 5.98. The van der Waals surface area contributed by atoms with Crippen molar-refractivity contribution in [2.75, 3.05) is 13.1 Å². The summed E-state index contributed by atoms with van der Waals surface area (Å²) in [5.41, 5.74) is 5.81. The summed E-state index contributed by atoms with van der Waals surface area (Å²) in [5.74, 6) is 1.75. The third-order valence-electron chi connectivity index (χ3n) is 4.84. The largest absolute Gasteiger partial charge is 0.330 e. The lowest BCUT2D eigenvalue weighted by Gasteiger charge is -2.37. The highest BCUT2D eigenvalue weighted by Crippen LogP contribution is 2.34. The van der Waals surface area contributed by atoms with Crippen molar-refractivity contribution in [1.29, 1.82) is 0 Å². The van der Waals surface area contributed by atoms with E-state index < -0.39 is 0 Å². The molecular formula is C14H28N2. The fourth-order valence-corrected chi connectivity index (χ4v) is 3.78. The van der Waals surface area contributed by atoms with E-state index in [1.54, 1.807) is 0 Å². The Morgan fingerprint density at radius 1 is 1.19 bits per heavy atom. The van der Waals surface area contributed by atoms with Crippen LogP contribution in [0.2, 0.25) is 0 Å². The van der Waals surface area contributed by atoms with Gasteiger partial charge in [-0.15, -0.1) is 0 Å². The lowest BCUT2D eigenvalue weighted by Crippen LogP contribution is -2.41. The van der Waals surface area contributed by atoms with E-state index >= 15 is 0 Å². The van der Waals surface area contributed by atoms with Gasteiger partial charge in [-0.05, 0) is 44.6 Å². The molecule has 0 spiro atoms. The van der Waals surface area contributed by atoms with E-state index in [2.05, 4.69) is 18.7 Å². The molecule has 2 fully saturated rings. The highest BCUT2D eigenvalue weighted by atomic mass is 15.2. The zero-order valence-corrected chi connectivity index (χ0v) is 11.0. The number of nitrogens with zero attached hydrogens (tertiary/aromatic N) is 1. The van der Waals surface area contributed by atoms with Gasteiger partial charge in [0.1, 0.15) is 0 Å². The van der Waals surface area contributed by atoms with Crippen LogP contribution in [0.4, 0.5) is 0 Å².